The van der Waals surface area contributed by atoms with Gasteiger partial charge in [-0.3, -0.25) is 4.79 Å². The largest absolute Gasteiger partial charge is 0.455 e. The van der Waals surface area contributed by atoms with Gasteiger partial charge in [0.25, 0.3) is 5.78 Å². The van der Waals surface area contributed by atoms with Gasteiger partial charge in [-0.15, -0.1) is 0 Å². The number of rotatable bonds is 1. The number of alkyl halides is 3. The van der Waals surface area contributed by atoms with Crippen LogP contribution >= 0.6 is 0 Å². The molecule has 0 aliphatic heterocycles. The predicted octanol–water partition coefficient (Wildman–Crippen LogP) is 0.133. The van der Waals surface area contributed by atoms with Crippen LogP contribution in [0.2, 0.25) is 0 Å². The van der Waals surface area contributed by atoms with Crippen LogP contribution < -0.4 is 0 Å². The van der Waals surface area contributed by atoms with E-state index in [4.69, 9.17) is 0 Å². The summed E-state index contributed by atoms with van der Waals surface area (Å²) in [6.45, 7) is 0. The first kappa shape index (κ1) is 8.35. The molecule has 0 amide bonds. The molecule has 0 bridgehead atoms. The molecule has 0 aromatic carbocycles. The summed E-state index contributed by atoms with van der Waals surface area (Å²) in [6.07, 6.45) is -4.91. The zero-order chi connectivity index (χ0) is 7.49. The molecule has 0 saturated heterocycles. The Morgan fingerprint density at radius 3 is 2.00 bits per heavy atom. The van der Waals surface area contributed by atoms with Gasteiger partial charge in [0.2, 0.25) is 0 Å². The van der Waals surface area contributed by atoms with E-state index in [1.54, 1.807) is 0 Å². The lowest BCUT2D eigenvalue weighted by molar-refractivity contribution is -0.162. The molecule has 0 aromatic heterocycles. The summed E-state index contributed by atoms with van der Waals surface area (Å²) < 4.78 is 42.6. The van der Waals surface area contributed by atoms with E-state index in [2.05, 4.69) is 0 Å². The first-order chi connectivity index (χ1) is 3.98. The fourth-order valence-corrected chi connectivity index (χ4v) is 0.332. The molecule has 9 heavy (non-hydrogen) atoms. The molecule has 0 heterocycles. The molecule has 0 aromatic rings. The van der Waals surface area contributed by atoms with E-state index in [1.165, 1.54) is 0 Å². The van der Waals surface area contributed by atoms with Crippen LogP contribution in [0.4, 0.5) is 13.2 Å². The van der Waals surface area contributed by atoms with Crippen LogP contribution in [0.5, 0.6) is 0 Å². The Balaban J connectivity index is 4.22. The van der Waals surface area contributed by atoms with Crippen molar-refractivity contribution in [3.8, 4) is 0 Å². The number of ketones is 1. The first-order valence-corrected chi connectivity index (χ1v) is 2.52. The van der Waals surface area contributed by atoms with Crippen LogP contribution in [-0.4, -0.2) is 21.5 Å². The van der Waals surface area contributed by atoms with E-state index in [1.807, 2.05) is 0 Å². The molecule has 0 aliphatic rings. The molecule has 0 N–H and O–H groups in total. The Kier molecular flexibility index (Phi) is 2.57. The highest BCUT2D eigenvalue weighted by atomic mass is 32.1. The molecule has 0 spiro atoms. The molecule has 0 aliphatic carbocycles. The minimum absolute atomic E-state index is 0.0278. The molecule has 52 valence electrons. The lowest BCUT2D eigenvalue weighted by Gasteiger charge is -1.95. The van der Waals surface area contributed by atoms with Gasteiger partial charge in [-0.05, 0) is 0 Å². The first-order valence-electron chi connectivity index (χ1n) is 1.71. The minimum Gasteiger partial charge on any atom is -0.284 e. The Labute approximate surface area is 51.7 Å². The van der Waals surface area contributed by atoms with Crippen molar-refractivity contribution in [3.05, 3.63) is 0 Å². The fraction of sp³-hybridized carbons (Fsp3) is 0.333. The summed E-state index contributed by atoms with van der Waals surface area (Å²) >= 11 is -0.508. The number of halogens is 3. The molecule has 0 fully saturated rings. The lowest BCUT2D eigenvalue weighted by atomic mass is 10.4. The van der Waals surface area contributed by atoms with Crippen molar-refractivity contribution >= 4 is 22.4 Å². The van der Waals surface area contributed by atoms with Crippen LogP contribution in [0, 0.1) is 0 Å². The topological polar surface area (TPSA) is 34.1 Å². The van der Waals surface area contributed by atoms with E-state index < -0.39 is 23.2 Å². The monoisotopic (exact) mass is 158 g/mol. The molecule has 0 radical (unpaired) electrons. The van der Waals surface area contributed by atoms with Gasteiger partial charge in [0, 0.05) is 0 Å². The van der Waals surface area contributed by atoms with Gasteiger partial charge in [0.1, 0.15) is 0 Å². The SMILES string of the molecule is O=S=CC(=O)C(F)(F)F. The summed E-state index contributed by atoms with van der Waals surface area (Å²) in [4.78, 5) is 9.66. The van der Waals surface area contributed by atoms with E-state index in [0.29, 0.717) is 0 Å². The van der Waals surface area contributed by atoms with Gasteiger partial charge in [-0.1, -0.05) is 0 Å². The number of Topliss-reactive ketones (excluding diaryl/α,β-unsaturated/α-hetero) is 1. The van der Waals surface area contributed by atoms with E-state index in [0.717, 1.165) is 0 Å². The highest BCUT2D eigenvalue weighted by Gasteiger charge is 2.36. The molecule has 0 rings (SSSR count). The Morgan fingerprint density at radius 1 is 1.44 bits per heavy atom. The summed E-state index contributed by atoms with van der Waals surface area (Å²) in [5.74, 6) is -2.11. The normalized spacial score (nSPS) is 10.6. The van der Waals surface area contributed by atoms with Gasteiger partial charge in [0.05, 0.1) is 16.6 Å². The number of carbonyl (C=O) groups excluding carboxylic acids is 1. The second kappa shape index (κ2) is 2.77. The van der Waals surface area contributed by atoms with Crippen LogP contribution in [0.1, 0.15) is 0 Å². The van der Waals surface area contributed by atoms with E-state index in [-0.39, 0.29) is 5.37 Å². The second-order valence-electron chi connectivity index (χ2n) is 1.08. The van der Waals surface area contributed by atoms with Crippen LogP contribution in [0.3, 0.4) is 0 Å². The van der Waals surface area contributed by atoms with Gasteiger partial charge in [-0.25, -0.2) is 4.21 Å². The molecule has 6 heteroatoms. The quantitative estimate of drug-likeness (QED) is 0.508. The fourth-order valence-electron chi connectivity index (χ4n) is 0.111. The highest BCUT2D eigenvalue weighted by Crippen LogP contribution is 2.13. The number of hydrogen-bond acceptors (Lipinski definition) is 2. The van der Waals surface area contributed by atoms with Gasteiger partial charge < -0.3 is 0 Å². The number of carbonyl (C=O) groups is 1. The second-order valence-corrected chi connectivity index (χ2v) is 1.50. The number of hydrogen-bond donors (Lipinski definition) is 0. The zero-order valence-electron chi connectivity index (χ0n) is 3.94. The summed E-state index contributed by atoms with van der Waals surface area (Å²) in [5.41, 5.74) is 0. The lowest BCUT2D eigenvalue weighted by Crippen LogP contribution is -2.23. The average molecular weight is 158 g/mol. The van der Waals surface area contributed by atoms with Crippen molar-refractivity contribution in [2.24, 2.45) is 0 Å². The van der Waals surface area contributed by atoms with Crippen molar-refractivity contribution in [1.82, 2.24) is 0 Å². The zero-order valence-corrected chi connectivity index (χ0v) is 4.75. The highest BCUT2D eigenvalue weighted by molar-refractivity contribution is 7.66. The summed E-state index contributed by atoms with van der Waals surface area (Å²) in [6, 6.07) is 0. The van der Waals surface area contributed by atoms with Crippen LogP contribution in [0.15, 0.2) is 0 Å². The van der Waals surface area contributed by atoms with Crippen LogP contribution in [0.25, 0.3) is 0 Å². The maximum absolute atomic E-state index is 11.1. The molecular weight excluding hydrogens is 157 g/mol. The molecular formula is C3HF3O2S. The van der Waals surface area contributed by atoms with E-state index >= 15 is 0 Å². The Hall–Kier alpha value is -0.650. The van der Waals surface area contributed by atoms with Crippen molar-refractivity contribution in [3.63, 3.8) is 0 Å². The van der Waals surface area contributed by atoms with Crippen molar-refractivity contribution in [1.29, 1.82) is 0 Å². The van der Waals surface area contributed by atoms with Gasteiger partial charge >= 0.3 is 6.18 Å². The molecule has 0 atom stereocenters. The molecule has 2 nitrogen and oxygen atoms in total. The molecule has 0 unspecified atom stereocenters. The third-order valence-corrected chi connectivity index (χ3v) is 0.745. The third-order valence-electron chi connectivity index (χ3n) is 0.435. The van der Waals surface area contributed by atoms with E-state index in [9.17, 15) is 22.2 Å². The summed E-state index contributed by atoms with van der Waals surface area (Å²) in [7, 11) is 0. The molecule has 0 saturated carbocycles. The van der Waals surface area contributed by atoms with Crippen molar-refractivity contribution < 1.29 is 22.2 Å². The smallest absolute Gasteiger partial charge is 0.284 e. The average Bonchev–Trinajstić information content (AvgIpc) is 1.64. The Bertz CT molecular complexity index is 166. The van der Waals surface area contributed by atoms with Gasteiger partial charge in [0.15, 0.2) is 0 Å². The maximum Gasteiger partial charge on any atom is 0.455 e. The third kappa shape index (κ3) is 3.02. The predicted molar refractivity (Wildman–Crippen MR) is 25.3 cm³/mol. The van der Waals surface area contributed by atoms with Crippen molar-refractivity contribution in [2.75, 3.05) is 0 Å². The summed E-state index contributed by atoms with van der Waals surface area (Å²) in [5, 5.41) is -0.0278. The maximum atomic E-state index is 11.1. The Morgan fingerprint density at radius 2 is 1.89 bits per heavy atom. The standard InChI is InChI=1S/C3HF3O2S/c4-3(5,6)2(7)1-9-8/h1H. The van der Waals surface area contributed by atoms with Crippen molar-refractivity contribution in [2.45, 2.75) is 6.18 Å². The van der Waals surface area contributed by atoms with Crippen LogP contribution in [-0.2, 0) is 16.1 Å². The van der Waals surface area contributed by atoms with Gasteiger partial charge in [-0.2, -0.15) is 13.2 Å². The minimum atomic E-state index is -4.91.